The van der Waals surface area contributed by atoms with Gasteiger partial charge in [0, 0.05) is 5.56 Å². The van der Waals surface area contributed by atoms with Crippen LogP contribution >= 0.6 is 24.0 Å². The number of hydrogen-bond acceptors (Lipinski definition) is 1. The molecular weight excluding hydrogens is 188 g/mol. The maximum absolute atomic E-state index is 12.6. The highest BCUT2D eigenvalue weighted by Crippen LogP contribution is 2.23. The third-order valence-corrected chi connectivity index (χ3v) is 1.73. The largest absolute Gasteiger partial charge is 0.397 e. The van der Waals surface area contributed by atoms with Crippen LogP contribution in [0.2, 0.25) is 5.02 Å². The van der Waals surface area contributed by atoms with E-state index in [0.717, 1.165) is 0 Å². The molecule has 0 aliphatic rings. The van der Waals surface area contributed by atoms with E-state index in [1.54, 1.807) is 6.92 Å². The van der Waals surface area contributed by atoms with E-state index in [9.17, 15) is 4.39 Å². The van der Waals surface area contributed by atoms with Gasteiger partial charge in [-0.3, -0.25) is 0 Å². The third-order valence-electron chi connectivity index (χ3n) is 1.40. The highest BCUT2D eigenvalue weighted by atomic mass is 35.5. The van der Waals surface area contributed by atoms with Crippen LogP contribution in [0.5, 0.6) is 0 Å². The molecule has 0 aliphatic carbocycles. The molecule has 1 aromatic carbocycles. The molecule has 1 aromatic rings. The second-order valence-corrected chi connectivity index (χ2v) is 2.48. The zero-order valence-corrected chi connectivity index (χ0v) is 7.47. The summed E-state index contributed by atoms with van der Waals surface area (Å²) in [4.78, 5) is 0. The van der Waals surface area contributed by atoms with Crippen LogP contribution in [-0.4, -0.2) is 0 Å². The summed E-state index contributed by atoms with van der Waals surface area (Å²) in [5.41, 5.74) is 6.14. The topological polar surface area (TPSA) is 26.0 Å². The molecule has 1 rings (SSSR count). The third kappa shape index (κ3) is 1.98. The predicted molar refractivity (Wildman–Crippen MR) is 47.8 cm³/mol. The monoisotopic (exact) mass is 195 g/mol. The zero-order chi connectivity index (χ0) is 7.72. The molecule has 4 heteroatoms. The fraction of sp³-hybridized carbons (Fsp3) is 0.143. The molecule has 0 saturated carbocycles. The summed E-state index contributed by atoms with van der Waals surface area (Å²) in [5.74, 6) is -0.318. The summed E-state index contributed by atoms with van der Waals surface area (Å²) >= 11 is 5.59. The quantitative estimate of drug-likeness (QED) is 0.634. The zero-order valence-electron chi connectivity index (χ0n) is 5.90. The molecule has 0 saturated heterocycles. The Morgan fingerprint density at radius 1 is 1.45 bits per heavy atom. The summed E-state index contributed by atoms with van der Waals surface area (Å²) in [7, 11) is 0. The van der Waals surface area contributed by atoms with Crippen LogP contribution < -0.4 is 5.73 Å². The number of anilines is 1. The van der Waals surface area contributed by atoms with Crippen LogP contribution in [0.15, 0.2) is 12.1 Å². The van der Waals surface area contributed by atoms with Gasteiger partial charge in [-0.15, -0.1) is 12.4 Å². The van der Waals surface area contributed by atoms with Gasteiger partial charge in [-0.2, -0.15) is 0 Å². The van der Waals surface area contributed by atoms with Gasteiger partial charge in [0.2, 0.25) is 0 Å². The van der Waals surface area contributed by atoms with Crippen molar-refractivity contribution in [1.29, 1.82) is 0 Å². The van der Waals surface area contributed by atoms with Gasteiger partial charge in [0.25, 0.3) is 0 Å². The average molecular weight is 196 g/mol. The van der Waals surface area contributed by atoms with Crippen molar-refractivity contribution in [2.45, 2.75) is 6.92 Å². The Kier molecular flexibility index (Phi) is 3.63. The molecule has 0 aromatic heterocycles. The summed E-state index contributed by atoms with van der Waals surface area (Å²) in [5, 5.41) is 0.402. The molecule has 0 aliphatic heterocycles. The maximum Gasteiger partial charge on any atom is 0.128 e. The molecule has 0 unspecified atom stereocenters. The number of benzene rings is 1. The Morgan fingerprint density at radius 2 is 2.00 bits per heavy atom. The van der Waals surface area contributed by atoms with Gasteiger partial charge in [-0.25, -0.2) is 4.39 Å². The lowest BCUT2D eigenvalue weighted by Gasteiger charge is -2.01. The fourth-order valence-electron chi connectivity index (χ4n) is 0.669. The first-order chi connectivity index (χ1) is 4.63. The van der Waals surface area contributed by atoms with Crippen LogP contribution in [0.3, 0.4) is 0 Å². The van der Waals surface area contributed by atoms with E-state index in [2.05, 4.69) is 0 Å². The molecule has 1 nitrogen and oxygen atoms in total. The molecule has 0 atom stereocenters. The maximum atomic E-state index is 12.6. The Bertz CT molecular complexity index is 236. The van der Waals surface area contributed by atoms with Crippen molar-refractivity contribution in [1.82, 2.24) is 0 Å². The first-order valence-electron chi connectivity index (χ1n) is 2.83. The number of hydrogen-bond donors (Lipinski definition) is 1. The standard InChI is InChI=1S/C7H7ClFN.ClH/c1-4-6(9)3-2-5(8)7(4)10;/h2-3H,10H2,1H3;1H. The normalized spacial score (nSPS) is 9.00. The summed E-state index contributed by atoms with van der Waals surface area (Å²) in [6.45, 7) is 1.59. The molecule has 0 heterocycles. The van der Waals surface area contributed by atoms with Crippen molar-refractivity contribution in [3.63, 3.8) is 0 Å². The highest BCUT2D eigenvalue weighted by Gasteiger charge is 2.03. The SMILES string of the molecule is Cc1c(F)ccc(Cl)c1N.Cl. The van der Waals surface area contributed by atoms with Gasteiger partial charge in [0.1, 0.15) is 5.82 Å². The van der Waals surface area contributed by atoms with E-state index in [-0.39, 0.29) is 18.2 Å². The van der Waals surface area contributed by atoms with Crippen molar-refractivity contribution in [2.24, 2.45) is 0 Å². The second kappa shape index (κ2) is 3.79. The highest BCUT2D eigenvalue weighted by molar-refractivity contribution is 6.33. The number of nitrogens with two attached hydrogens (primary N) is 1. The number of rotatable bonds is 0. The molecule has 0 spiro atoms. The Balaban J connectivity index is 0.000001000. The molecule has 62 valence electrons. The smallest absolute Gasteiger partial charge is 0.128 e. The lowest BCUT2D eigenvalue weighted by atomic mass is 10.2. The first kappa shape index (κ1) is 10.5. The van der Waals surface area contributed by atoms with Gasteiger partial charge in [-0.05, 0) is 19.1 Å². The molecule has 0 fully saturated rings. The van der Waals surface area contributed by atoms with Crippen molar-refractivity contribution in [3.8, 4) is 0 Å². The van der Waals surface area contributed by atoms with Crippen molar-refractivity contribution < 1.29 is 4.39 Å². The van der Waals surface area contributed by atoms with Crippen LogP contribution in [0, 0.1) is 12.7 Å². The Hall–Kier alpha value is -0.470. The lowest BCUT2D eigenvalue weighted by molar-refractivity contribution is 0.619. The van der Waals surface area contributed by atoms with E-state index in [4.69, 9.17) is 17.3 Å². The fourth-order valence-corrected chi connectivity index (χ4v) is 0.874. The minimum absolute atomic E-state index is 0. The summed E-state index contributed by atoms with van der Waals surface area (Å²) in [6.07, 6.45) is 0. The second-order valence-electron chi connectivity index (χ2n) is 2.07. The minimum atomic E-state index is -0.318. The molecular formula is C7H8Cl2FN. The molecule has 0 radical (unpaired) electrons. The summed E-state index contributed by atoms with van der Waals surface area (Å²) < 4.78 is 12.6. The van der Waals surface area contributed by atoms with Crippen LogP contribution in [0.4, 0.5) is 10.1 Å². The van der Waals surface area contributed by atoms with Crippen LogP contribution in [0.1, 0.15) is 5.56 Å². The van der Waals surface area contributed by atoms with E-state index < -0.39 is 0 Å². The van der Waals surface area contributed by atoms with Gasteiger partial charge in [0.15, 0.2) is 0 Å². The Morgan fingerprint density at radius 3 is 2.45 bits per heavy atom. The summed E-state index contributed by atoms with van der Waals surface area (Å²) in [6, 6.07) is 2.74. The van der Waals surface area contributed by atoms with E-state index in [1.807, 2.05) is 0 Å². The van der Waals surface area contributed by atoms with Crippen molar-refractivity contribution >= 4 is 29.7 Å². The molecule has 11 heavy (non-hydrogen) atoms. The van der Waals surface area contributed by atoms with Gasteiger partial charge in [0.05, 0.1) is 10.7 Å². The minimum Gasteiger partial charge on any atom is -0.397 e. The van der Waals surface area contributed by atoms with E-state index in [1.165, 1.54) is 12.1 Å². The van der Waals surface area contributed by atoms with Gasteiger partial charge < -0.3 is 5.73 Å². The van der Waals surface area contributed by atoms with Crippen LogP contribution in [-0.2, 0) is 0 Å². The number of nitrogen functional groups attached to an aromatic ring is 1. The molecule has 0 amide bonds. The average Bonchev–Trinajstić information content (AvgIpc) is 1.93. The van der Waals surface area contributed by atoms with Crippen molar-refractivity contribution in [3.05, 3.63) is 28.5 Å². The van der Waals surface area contributed by atoms with Gasteiger partial charge in [-0.1, -0.05) is 11.6 Å². The lowest BCUT2D eigenvalue weighted by Crippen LogP contribution is -1.93. The molecule has 2 N–H and O–H groups in total. The Labute approximate surface area is 75.8 Å². The van der Waals surface area contributed by atoms with Crippen LogP contribution in [0.25, 0.3) is 0 Å². The van der Waals surface area contributed by atoms with Gasteiger partial charge >= 0.3 is 0 Å². The van der Waals surface area contributed by atoms with Crippen molar-refractivity contribution in [2.75, 3.05) is 5.73 Å². The predicted octanol–water partition coefficient (Wildman–Crippen LogP) is 2.79. The van der Waals surface area contributed by atoms with E-state index >= 15 is 0 Å². The number of halogens is 3. The first-order valence-corrected chi connectivity index (χ1v) is 3.21. The molecule has 0 bridgehead atoms. The van der Waals surface area contributed by atoms with E-state index in [0.29, 0.717) is 16.3 Å².